The van der Waals surface area contributed by atoms with Gasteiger partial charge in [-0.05, 0) is 30.3 Å². The van der Waals surface area contributed by atoms with Gasteiger partial charge in [0, 0.05) is 28.9 Å². The quantitative estimate of drug-likeness (QED) is 0.648. The molecule has 3 rings (SSSR count). The molecular formula is C13H10N2O. The second-order valence-corrected chi connectivity index (χ2v) is 3.65. The van der Waals surface area contributed by atoms with Gasteiger partial charge in [-0.1, -0.05) is 6.07 Å². The number of aromatic hydroxyl groups is 1. The van der Waals surface area contributed by atoms with Crippen molar-refractivity contribution in [2.24, 2.45) is 0 Å². The second-order valence-electron chi connectivity index (χ2n) is 3.65. The van der Waals surface area contributed by atoms with E-state index in [0.717, 1.165) is 16.5 Å². The predicted molar refractivity (Wildman–Crippen MR) is 63.2 cm³/mol. The lowest BCUT2D eigenvalue weighted by molar-refractivity contribution is 0.475. The Labute approximate surface area is 92.4 Å². The molecule has 2 aromatic heterocycles. The minimum atomic E-state index is 0.206. The van der Waals surface area contributed by atoms with Crippen LogP contribution >= 0.6 is 0 Å². The molecule has 1 aromatic carbocycles. The van der Waals surface area contributed by atoms with E-state index in [4.69, 9.17) is 0 Å². The van der Waals surface area contributed by atoms with Gasteiger partial charge in [0.15, 0.2) is 0 Å². The highest BCUT2D eigenvalue weighted by Crippen LogP contribution is 2.28. The highest BCUT2D eigenvalue weighted by atomic mass is 16.3. The van der Waals surface area contributed by atoms with Gasteiger partial charge in [-0.15, -0.1) is 0 Å². The van der Waals surface area contributed by atoms with E-state index >= 15 is 0 Å². The zero-order chi connectivity index (χ0) is 11.0. The van der Waals surface area contributed by atoms with Crippen molar-refractivity contribution in [3.8, 4) is 17.0 Å². The lowest BCUT2D eigenvalue weighted by atomic mass is 10.1. The van der Waals surface area contributed by atoms with Crippen LogP contribution in [0.4, 0.5) is 0 Å². The molecule has 3 aromatic rings. The van der Waals surface area contributed by atoms with E-state index in [1.807, 2.05) is 30.5 Å². The fourth-order valence-electron chi connectivity index (χ4n) is 1.82. The van der Waals surface area contributed by atoms with Crippen LogP contribution in [-0.2, 0) is 0 Å². The van der Waals surface area contributed by atoms with E-state index < -0.39 is 0 Å². The predicted octanol–water partition coefficient (Wildman–Crippen LogP) is 2.94. The second kappa shape index (κ2) is 3.38. The summed E-state index contributed by atoms with van der Waals surface area (Å²) in [5, 5.41) is 10.8. The van der Waals surface area contributed by atoms with Crippen molar-refractivity contribution < 1.29 is 5.11 Å². The van der Waals surface area contributed by atoms with Crippen molar-refractivity contribution in [2.75, 3.05) is 0 Å². The molecule has 0 saturated carbocycles. The van der Waals surface area contributed by atoms with E-state index in [9.17, 15) is 5.11 Å². The van der Waals surface area contributed by atoms with Crippen LogP contribution in [0.2, 0.25) is 0 Å². The third-order valence-electron chi connectivity index (χ3n) is 2.61. The third kappa shape index (κ3) is 1.34. The summed E-state index contributed by atoms with van der Waals surface area (Å²) in [4.78, 5) is 7.31. The van der Waals surface area contributed by atoms with Crippen molar-refractivity contribution in [1.29, 1.82) is 0 Å². The molecule has 3 nitrogen and oxygen atoms in total. The van der Waals surface area contributed by atoms with Crippen LogP contribution in [0.25, 0.3) is 22.2 Å². The van der Waals surface area contributed by atoms with Gasteiger partial charge >= 0.3 is 0 Å². The normalized spacial score (nSPS) is 10.8. The van der Waals surface area contributed by atoms with Gasteiger partial charge in [-0.25, -0.2) is 0 Å². The molecule has 0 radical (unpaired) electrons. The smallest absolute Gasteiger partial charge is 0.141 e. The Bertz CT molecular complexity index is 643. The summed E-state index contributed by atoms with van der Waals surface area (Å²) in [6.07, 6.45) is 3.57. The number of fused-ring (bicyclic) bond motifs is 1. The van der Waals surface area contributed by atoms with Crippen LogP contribution < -0.4 is 0 Å². The SMILES string of the molecule is Oc1cccnc1-c1ccc2[nH]ccc2c1. The van der Waals surface area contributed by atoms with E-state index in [-0.39, 0.29) is 5.75 Å². The summed E-state index contributed by atoms with van der Waals surface area (Å²) in [6, 6.07) is 11.3. The average Bonchev–Trinajstić information content (AvgIpc) is 2.76. The number of rotatable bonds is 1. The van der Waals surface area contributed by atoms with Gasteiger partial charge in [-0.2, -0.15) is 0 Å². The molecule has 78 valence electrons. The first-order valence-corrected chi connectivity index (χ1v) is 5.06. The Kier molecular flexibility index (Phi) is 1.90. The van der Waals surface area contributed by atoms with Crippen molar-refractivity contribution in [2.45, 2.75) is 0 Å². The van der Waals surface area contributed by atoms with Gasteiger partial charge in [0.1, 0.15) is 11.4 Å². The Morgan fingerprint density at radius 3 is 2.94 bits per heavy atom. The number of hydrogen-bond donors (Lipinski definition) is 2. The fourth-order valence-corrected chi connectivity index (χ4v) is 1.82. The maximum absolute atomic E-state index is 9.72. The van der Waals surface area contributed by atoms with Crippen LogP contribution in [0.15, 0.2) is 48.8 Å². The van der Waals surface area contributed by atoms with E-state index in [1.165, 1.54) is 0 Å². The van der Waals surface area contributed by atoms with Gasteiger partial charge in [0.2, 0.25) is 0 Å². The molecule has 2 N–H and O–H groups in total. The summed E-state index contributed by atoms with van der Waals surface area (Å²) in [5.74, 6) is 0.206. The van der Waals surface area contributed by atoms with Crippen LogP contribution in [0, 0.1) is 0 Å². The number of nitrogens with one attached hydrogen (secondary N) is 1. The molecule has 3 heteroatoms. The summed E-state index contributed by atoms with van der Waals surface area (Å²) in [7, 11) is 0. The molecule has 0 saturated heterocycles. The highest BCUT2D eigenvalue weighted by molar-refractivity contribution is 5.85. The molecule has 0 unspecified atom stereocenters. The van der Waals surface area contributed by atoms with E-state index in [2.05, 4.69) is 9.97 Å². The number of benzene rings is 1. The fraction of sp³-hybridized carbons (Fsp3) is 0. The standard InChI is InChI=1S/C13H10N2O/c16-12-2-1-6-15-13(12)10-3-4-11-9(8-10)5-7-14-11/h1-8,14,16H. The van der Waals surface area contributed by atoms with Crippen molar-refractivity contribution in [1.82, 2.24) is 9.97 Å². The summed E-state index contributed by atoms with van der Waals surface area (Å²) >= 11 is 0. The first-order valence-electron chi connectivity index (χ1n) is 5.06. The first-order chi connectivity index (χ1) is 7.84. The molecular weight excluding hydrogens is 200 g/mol. The third-order valence-corrected chi connectivity index (χ3v) is 2.61. The zero-order valence-electron chi connectivity index (χ0n) is 8.51. The summed E-state index contributed by atoms with van der Waals surface area (Å²) < 4.78 is 0. The first kappa shape index (κ1) is 8.97. The minimum absolute atomic E-state index is 0.206. The molecule has 0 aliphatic heterocycles. The molecule has 0 aliphatic carbocycles. The molecule has 0 atom stereocenters. The van der Waals surface area contributed by atoms with Gasteiger partial charge < -0.3 is 10.1 Å². The number of aromatic amines is 1. The number of hydrogen-bond acceptors (Lipinski definition) is 2. The number of H-pyrrole nitrogens is 1. The average molecular weight is 210 g/mol. The van der Waals surface area contributed by atoms with Crippen molar-refractivity contribution in [3.05, 3.63) is 48.8 Å². The van der Waals surface area contributed by atoms with E-state index in [0.29, 0.717) is 5.69 Å². The zero-order valence-corrected chi connectivity index (χ0v) is 8.51. The number of pyridine rings is 1. The maximum atomic E-state index is 9.72. The molecule has 0 bridgehead atoms. The highest BCUT2D eigenvalue weighted by Gasteiger charge is 2.05. The Hall–Kier alpha value is -2.29. The summed E-state index contributed by atoms with van der Waals surface area (Å²) in [6.45, 7) is 0. The number of nitrogens with zero attached hydrogens (tertiary/aromatic N) is 1. The molecule has 0 aliphatic rings. The Balaban J connectivity index is 2.22. The molecule has 0 spiro atoms. The molecule has 2 heterocycles. The lowest BCUT2D eigenvalue weighted by Crippen LogP contribution is -1.83. The van der Waals surface area contributed by atoms with Crippen molar-refractivity contribution in [3.63, 3.8) is 0 Å². The van der Waals surface area contributed by atoms with Crippen LogP contribution in [0.3, 0.4) is 0 Å². The number of aromatic nitrogens is 2. The summed E-state index contributed by atoms with van der Waals surface area (Å²) in [5.41, 5.74) is 2.62. The Morgan fingerprint density at radius 2 is 2.06 bits per heavy atom. The monoisotopic (exact) mass is 210 g/mol. The van der Waals surface area contributed by atoms with Crippen LogP contribution in [0.5, 0.6) is 5.75 Å². The van der Waals surface area contributed by atoms with Gasteiger partial charge in [0.05, 0.1) is 0 Å². The van der Waals surface area contributed by atoms with Gasteiger partial charge in [0.25, 0.3) is 0 Å². The topological polar surface area (TPSA) is 48.9 Å². The van der Waals surface area contributed by atoms with Crippen LogP contribution in [0.1, 0.15) is 0 Å². The van der Waals surface area contributed by atoms with E-state index in [1.54, 1.807) is 18.3 Å². The largest absolute Gasteiger partial charge is 0.506 e. The minimum Gasteiger partial charge on any atom is -0.506 e. The lowest BCUT2D eigenvalue weighted by Gasteiger charge is -2.03. The molecule has 0 amide bonds. The molecule has 16 heavy (non-hydrogen) atoms. The maximum Gasteiger partial charge on any atom is 0.141 e. The molecule has 0 fully saturated rings. The van der Waals surface area contributed by atoms with Crippen molar-refractivity contribution >= 4 is 10.9 Å². The van der Waals surface area contributed by atoms with Crippen LogP contribution in [-0.4, -0.2) is 15.1 Å². The van der Waals surface area contributed by atoms with Gasteiger partial charge in [-0.3, -0.25) is 4.98 Å². The Morgan fingerprint density at radius 1 is 1.12 bits per heavy atom.